The topological polar surface area (TPSA) is 57.7 Å². The number of hydrogen-bond donors (Lipinski definition) is 0. The van der Waals surface area contributed by atoms with Crippen LogP contribution in [0.25, 0.3) is 22.2 Å². The van der Waals surface area contributed by atoms with Gasteiger partial charge in [0.2, 0.25) is 0 Å². The lowest BCUT2D eigenvalue weighted by Crippen LogP contribution is -2.15. The van der Waals surface area contributed by atoms with Gasteiger partial charge in [0.25, 0.3) is 0 Å². The summed E-state index contributed by atoms with van der Waals surface area (Å²) in [6.07, 6.45) is 0. The Morgan fingerprint density at radius 1 is 1.04 bits per heavy atom. The molecule has 3 aromatic rings. The van der Waals surface area contributed by atoms with Crippen molar-refractivity contribution in [2.75, 3.05) is 20.3 Å². The number of benzene rings is 2. The monoisotopic (exact) mass is 321 g/mol. The van der Waals surface area contributed by atoms with Crippen molar-refractivity contribution in [2.45, 2.75) is 0 Å². The van der Waals surface area contributed by atoms with E-state index >= 15 is 0 Å². The molecule has 2 heterocycles. The van der Waals surface area contributed by atoms with E-state index in [1.54, 1.807) is 6.07 Å². The molecule has 120 valence electrons. The Kier molecular flexibility index (Phi) is 3.54. The summed E-state index contributed by atoms with van der Waals surface area (Å²) in [6.45, 7) is 1.07. The molecule has 5 nitrogen and oxygen atoms in total. The highest BCUT2D eigenvalue weighted by Crippen LogP contribution is 2.35. The van der Waals surface area contributed by atoms with Gasteiger partial charge < -0.3 is 14.2 Å². The molecule has 4 rings (SSSR count). The Balaban J connectivity index is 1.89. The lowest BCUT2D eigenvalue weighted by molar-refractivity contribution is 0.0603. The maximum atomic E-state index is 12.1. The predicted octanol–water partition coefficient (Wildman–Crippen LogP) is 3.46. The van der Waals surface area contributed by atoms with Crippen molar-refractivity contribution in [1.82, 2.24) is 4.98 Å². The number of hydrogen-bond acceptors (Lipinski definition) is 5. The van der Waals surface area contributed by atoms with E-state index in [1.807, 2.05) is 42.5 Å². The molecule has 0 saturated carbocycles. The highest BCUT2D eigenvalue weighted by atomic mass is 16.6. The number of pyridine rings is 1. The molecule has 0 N–H and O–H groups in total. The molecule has 0 unspecified atom stereocenters. The fourth-order valence-corrected chi connectivity index (χ4v) is 2.80. The van der Waals surface area contributed by atoms with Gasteiger partial charge in [0.15, 0.2) is 11.5 Å². The van der Waals surface area contributed by atoms with Gasteiger partial charge in [-0.05, 0) is 30.3 Å². The van der Waals surface area contributed by atoms with E-state index in [2.05, 4.69) is 4.98 Å². The van der Waals surface area contributed by atoms with Crippen LogP contribution in [0.4, 0.5) is 0 Å². The van der Waals surface area contributed by atoms with E-state index in [1.165, 1.54) is 7.11 Å². The van der Waals surface area contributed by atoms with Crippen molar-refractivity contribution < 1.29 is 19.0 Å². The zero-order valence-corrected chi connectivity index (χ0v) is 13.1. The van der Waals surface area contributed by atoms with Gasteiger partial charge in [0, 0.05) is 10.9 Å². The van der Waals surface area contributed by atoms with Gasteiger partial charge in [0.05, 0.1) is 23.9 Å². The maximum Gasteiger partial charge on any atom is 0.338 e. The summed E-state index contributed by atoms with van der Waals surface area (Å²) in [5, 5.41) is 0.769. The molecule has 0 fully saturated rings. The summed E-state index contributed by atoms with van der Waals surface area (Å²) in [5.41, 5.74) is 2.78. The molecule has 5 heteroatoms. The first-order valence-corrected chi connectivity index (χ1v) is 7.64. The highest BCUT2D eigenvalue weighted by Gasteiger charge is 2.16. The lowest BCUT2D eigenvalue weighted by Gasteiger charge is -2.19. The quantitative estimate of drug-likeness (QED) is 0.677. The minimum Gasteiger partial charge on any atom is -0.486 e. The fraction of sp³-hybridized carbons (Fsp3) is 0.158. The summed E-state index contributed by atoms with van der Waals surface area (Å²) < 4.78 is 16.1. The Hall–Kier alpha value is -3.08. The summed E-state index contributed by atoms with van der Waals surface area (Å²) in [5.74, 6) is 1.03. The first kappa shape index (κ1) is 14.5. The number of carbonyl (C=O) groups is 1. The number of rotatable bonds is 2. The van der Waals surface area contributed by atoms with Crippen molar-refractivity contribution >= 4 is 16.9 Å². The molecule has 0 spiro atoms. The van der Waals surface area contributed by atoms with E-state index in [9.17, 15) is 4.79 Å². The number of para-hydroxylation sites is 1. The lowest BCUT2D eigenvalue weighted by atomic mass is 10.0. The Morgan fingerprint density at radius 3 is 2.67 bits per heavy atom. The van der Waals surface area contributed by atoms with Crippen LogP contribution >= 0.6 is 0 Å². The van der Waals surface area contributed by atoms with Crippen molar-refractivity contribution in [3.05, 3.63) is 54.1 Å². The SMILES string of the molecule is COC(=O)c1cc(-c2ccc3c(c2)OCCO3)nc2ccccc12. The number of carbonyl (C=O) groups excluding carboxylic acids is 1. The number of esters is 1. The van der Waals surface area contributed by atoms with Gasteiger partial charge >= 0.3 is 5.97 Å². The van der Waals surface area contributed by atoms with Gasteiger partial charge in [-0.2, -0.15) is 0 Å². The molecule has 1 aliphatic rings. The Morgan fingerprint density at radius 2 is 1.83 bits per heavy atom. The zero-order valence-electron chi connectivity index (χ0n) is 13.1. The average molecular weight is 321 g/mol. The first-order valence-electron chi connectivity index (χ1n) is 7.64. The average Bonchev–Trinajstić information content (AvgIpc) is 2.66. The molecule has 24 heavy (non-hydrogen) atoms. The highest BCUT2D eigenvalue weighted by molar-refractivity contribution is 6.04. The van der Waals surface area contributed by atoms with Crippen LogP contribution < -0.4 is 9.47 Å². The smallest absolute Gasteiger partial charge is 0.338 e. The number of fused-ring (bicyclic) bond motifs is 2. The number of ether oxygens (including phenoxy) is 3. The maximum absolute atomic E-state index is 12.1. The predicted molar refractivity (Wildman–Crippen MR) is 89.5 cm³/mol. The summed E-state index contributed by atoms with van der Waals surface area (Å²) in [4.78, 5) is 16.8. The molecule has 0 atom stereocenters. The van der Waals surface area contributed by atoms with Crippen LogP contribution in [-0.2, 0) is 4.74 Å². The largest absolute Gasteiger partial charge is 0.486 e. The summed E-state index contributed by atoms with van der Waals surface area (Å²) in [7, 11) is 1.38. The zero-order chi connectivity index (χ0) is 16.5. The first-order chi connectivity index (χ1) is 11.8. The molecule has 1 aromatic heterocycles. The molecule has 0 saturated heterocycles. The van der Waals surface area contributed by atoms with Gasteiger partial charge in [-0.25, -0.2) is 9.78 Å². The van der Waals surface area contributed by atoms with E-state index in [4.69, 9.17) is 14.2 Å². The van der Waals surface area contributed by atoms with E-state index in [0.29, 0.717) is 30.2 Å². The van der Waals surface area contributed by atoms with Crippen molar-refractivity contribution in [3.8, 4) is 22.8 Å². The van der Waals surface area contributed by atoms with Crippen LogP contribution in [0.3, 0.4) is 0 Å². The number of methoxy groups -OCH3 is 1. The molecule has 0 bridgehead atoms. The third-order valence-corrected chi connectivity index (χ3v) is 3.96. The molecule has 0 aliphatic carbocycles. The fourth-order valence-electron chi connectivity index (χ4n) is 2.80. The summed E-state index contributed by atoms with van der Waals surface area (Å²) >= 11 is 0. The van der Waals surface area contributed by atoms with E-state index < -0.39 is 0 Å². The number of aromatic nitrogens is 1. The van der Waals surface area contributed by atoms with Crippen LogP contribution in [-0.4, -0.2) is 31.3 Å². The minimum atomic E-state index is -0.382. The Labute approximate surface area is 138 Å². The second-order valence-corrected chi connectivity index (χ2v) is 5.42. The van der Waals surface area contributed by atoms with Gasteiger partial charge in [-0.3, -0.25) is 0 Å². The third kappa shape index (κ3) is 2.44. The normalized spacial score (nSPS) is 12.9. The van der Waals surface area contributed by atoms with Crippen molar-refractivity contribution in [1.29, 1.82) is 0 Å². The minimum absolute atomic E-state index is 0.382. The summed E-state index contributed by atoms with van der Waals surface area (Å²) in [6, 6.07) is 14.9. The molecule has 0 amide bonds. The third-order valence-electron chi connectivity index (χ3n) is 3.96. The number of nitrogens with zero attached hydrogens (tertiary/aromatic N) is 1. The second-order valence-electron chi connectivity index (χ2n) is 5.42. The van der Waals surface area contributed by atoms with Gasteiger partial charge in [-0.15, -0.1) is 0 Å². The van der Waals surface area contributed by atoms with E-state index in [0.717, 1.165) is 22.2 Å². The molecular weight excluding hydrogens is 306 g/mol. The van der Waals surface area contributed by atoms with Crippen LogP contribution in [0.2, 0.25) is 0 Å². The molecule has 2 aromatic carbocycles. The van der Waals surface area contributed by atoms with Crippen LogP contribution in [0.5, 0.6) is 11.5 Å². The van der Waals surface area contributed by atoms with Crippen LogP contribution in [0.15, 0.2) is 48.5 Å². The van der Waals surface area contributed by atoms with Crippen molar-refractivity contribution in [2.24, 2.45) is 0 Å². The van der Waals surface area contributed by atoms with Gasteiger partial charge in [-0.1, -0.05) is 18.2 Å². The Bertz CT molecular complexity index is 936. The van der Waals surface area contributed by atoms with Crippen LogP contribution in [0.1, 0.15) is 10.4 Å². The molecule has 0 radical (unpaired) electrons. The van der Waals surface area contributed by atoms with Gasteiger partial charge in [0.1, 0.15) is 13.2 Å². The van der Waals surface area contributed by atoms with E-state index in [-0.39, 0.29) is 5.97 Å². The second kappa shape index (κ2) is 5.85. The van der Waals surface area contributed by atoms with Crippen molar-refractivity contribution in [3.63, 3.8) is 0 Å². The van der Waals surface area contributed by atoms with Crippen LogP contribution in [0, 0.1) is 0 Å². The standard InChI is InChI=1S/C19H15NO4/c1-22-19(21)14-11-16(20-15-5-3-2-4-13(14)15)12-6-7-17-18(10-12)24-9-8-23-17/h2-7,10-11H,8-9H2,1H3. The molecule has 1 aliphatic heterocycles. The molecular formula is C19H15NO4.